The molecule has 7 nitrogen and oxygen atoms in total. The fraction of sp³-hybridized carbons (Fsp3) is 0.348. The van der Waals surface area contributed by atoms with Crippen molar-refractivity contribution in [3.63, 3.8) is 0 Å². The van der Waals surface area contributed by atoms with Crippen LogP contribution in [-0.4, -0.2) is 29.9 Å². The SMILES string of the molecule is CCCCCn1nc(C(=O)Nc2cc(OC)c(OC)cc2C)c2ccccc2c1=O. The summed E-state index contributed by atoms with van der Waals surface area (Å²) in [6.07, 6.45) is 2.86. The van der Waals surface area contributed by atoms with Gasteiger partial charge in [-0.05, 0) is 31.0 Å². The lowest BCUT2D eigenvalue weighted by Gasteiger charge is -2.15. The van der Waals surface area contributed by atoms with E-state index in [0.29, 0.717) is 34.5 Å². The van der Waals surface area contributed by atoms with E-state index in [9.17, 15) is 9.59 Å². The molecule has 1 heterocycles. The first kappa shape index (κ1) is 21.4. The Morgan fingerprint density at radius 3 is 2.40 bits per heavy atom. The molecule has 1 amide bonds. The molecule has 1 aromatic heterocycles. The summed E-state index contributed by atoms with van der Waals surface area (Å²) in [6, 6.07) is 10.6. The van der Waals surface area contributed by atoms with Crippen LogP contribution in [0.4, 0.5) is 5.69 Å². The number of carbonyl (C=O) groups is 1. The number of amides is 1. The number of carbonyl (C=O) groups excluding carboxylic acids is 1. The first-order valence-electron chi connectivity index (χ1n) is 10.0. The van der Waals surface area contributed by atoms with Crippen molar-refractivity contribution in [2.24, 2.45) is 0 Å². The third kappa shape index (κ3) is 4.30. The minimum atomic E-state index is -0.384. The largest absolute Gasteiger partial charge is 0.493 e. The molecule has 0 spiro atoms. The van der Waals surface area contributed by atoms with E-state index in [1.807, 2.05) is 6.92 Å². The number of hydrogen-bond donors (Lipinski definition) is 1. The highest BCUT2D eigenvalue weighted by Gasteiger charge is 2.18. The van der Waals surface area contributed by atoms with E-state index in [0.717, 1.165) is 24.8 Å². The van der Waals surface area contributed by atoms with Crippen LogP contribution in [-0.2, 0) is 6.54 Å². The van der Waals surface area contributed by atoms with Gasteiger partial charge in [0.05, 0.1) is 19.6 Å². The molecular weight excluding hydrogens is 382 g/mol. The van der Waals surface area contributed by atoms with Gasteiger partial charge >= 0.3 is 0 Å². The Kier molecular flexibility index (Phi) is 6.72. The molecule has 0 atom stereocenters. The topological polar surface area (TPSA) is 82.5 Å². The van der Waals surface area contributed by atoms with Gasteiger partial charge in [0.25, 0.3) is 11.5 Å². The summed E-state index contributed by atoms with van der Waals surface area (Å²) < 4.78 is 12.0. The van der Waals surface area contributed by atoms with Crippen LogP contribution in [0, 0.1) is 6.92 Å². The van der Waals surface area contributed by atoms with Crippen LogP contribution >= 0.6 is 0 Å². The first-order valence-corrected chi connectivity index (χ1v) is 10.0. The quantitative estimate of drug-likeness (QED) is 0.565. The molecule has 158 valence electrons. The second-order valence-electron chi connectivity index (χ2n) is 7.11. The number of anilines is 1. The summed E-state index contributed by atoms with van der Waals surface area (Å²) >= 11 is 0. The van der Waals surface area contributed by atoms with Crippen molar-refractivity contribution in [2.75, 3.05) is 19.5 Å². The van der Waals surface area contributed by atoms with Crippen LogP contribution in [0.3, 0.4) is 0 Å². The highest BCUT2D eigenvalue weighted by molar-refractivity contribution is 6.11. The zero-order valence-electron chi connectivity index (χ0n) is 17.8. The number of unbranched alkanes of at least 4 members (excludes halogenated alkanes) is 2. The van der Waals surface area contributed by atoms with Gasteiger partial charge in [-0.2, -0.15) is 5.10 Å². The van der Waals surface area contributed by atoms with Gasteiger partial charge in [-0.1, -0.05) is 38.0 Å². The molecule has 30 heavy (non-hydrogen) atoms. The number of methoxy groups -OCH3 is 2. The van der Waals surface area contributed by atoms with Crippen LogP contribution in [0.15, 0.2) is 41.2 Å². The average molecular weight is 409 g/mol. The number of rotatable bonds is 8. The Hall–Kier alpha value is -3.35. The predicted octanol–water partition coefficient (Wildman–Crippen LogP) is 4.16. The Morgan fingerprint density at radius 2 is 1.73 bits per heavy atom. The molecule has 0 aliphatic carbocycles. The number of aromatic nitrogens is 2. The first-order chi connectivity index (χ1) is 14.5. The van der Waals surface area contributed by atoms with E-state index in [-0.39, 0.29) is 17.2 Å². The molecular formula is C23H27N3O4. The van der Waals surface area contributed by atoms with E-state index in [2.05, 4.69) is 17.3 Å². The minimum absolute atomic E-state index is 0.180. The monoisotopic (exact) mass is 409 g/mol. The minimum Gasteiger partial charge on any atom is -0.493 e. The van der Waals surface area contributed by atoms with E-state index < -0.39 is 0 Å². The van der Waals surface area contributed by atoms with Crippen LogP contribution in [0.2, 0.25) is 0 Å². The van der Waals surface area contributed by atoms with Gasteiger partial charge < -0.3 is 14.8 Å². The molecule has 2 aromatic carbocycles. The van der Waals surface area contributed by atoms with Crippen molar-refractivity contribution in [1.82, 2.24) is 9.78 Å². The van der Waals surface area contributed by atoms with Crippen LogP contribution in [0.1, 0.15) is 42.2 Å². The van der Waals surface area contributed by atoms with Gasteiger partial charge in [-0.15, -0.1) is 0 Å². The Balaban J connectivity index is 2.02. The maximum absolute atomic E-state index is 13.2. The molecule has 0 saturated carbocycles. The summed E-state index contributed by atoms with van der Waals surface area (Å²) in [5, 5.41) is 8.33. The van der Waals surface area contributed by atoms with Gasteiger partial charge in [0.2, 0.25) is 0 Å². The van der Waals surface area contributed by atoms with Crippen molar-refractivity contribution in [1.29, 1.82) is 0 Å². The summed E-state index contributed by atoms with van der Waals surface area (Å²) in [5.74, 6) is 0.715. The van der Waals surface area contributed by atoms with Gasteiger partial charge in [0, 0.05) is 23.7 Å². The van der Waals surface area contributed by atoms with Crippen LogP contribution < -0.4 is 20.3 Å². The summed E-state index contributed by atoms with van der Waals surface area (Å²) in [7, 11) is 3.10. The molecule has 0 aliphatic heterocycles. The normalized spacial score (nSPS) is 10.8. The fourth-order valence-electron chi connectivity index (χ4n) is 3.36. The number of nitrogens with zero attached hydrogens (tertiary/aromatic N) is 2. The molecule has 0 bridgehead atoms. The second-order valence-corrected chi connectivity index (χ2v) is 7.11. The van der Waals surface area contributed by atoms with Gasteiger partial charge in [-0.25, -0.2) is 4.68 Å². The van der Waals surface area contributed by atoms with E-state index in [1.54, 1.807) is 50.6 Å². The number of hydrogen-bond acceptors (Lipinski definition) is 5. The molecule has 0 saturated heterocycles. The summed E-state index contributed by atoms with van der Waals surface area (Å²) in [5.41, 5.74) is 1.45. The zero-order valence-corrected chi connectivity index (χ0v) is 17.8. The van der Waals surface area contributed by atoms with Gasteiger partial charge in [0.1, 0.15) is 0 Å². The molecule has 7 heteroatoms. The van der Waals surface area contributed by atoms with Gasteiger partial charge in [0.15, 0.2) is 17.2 Å². The number of benzene rings is 2. The Labute approximate surface area is 175 Å². The molecule has 3 rings (SSSR count). The molecule has 0 radical (unpaired) electrons. The van der Waals surface area contributed by atoms with Crippen molar-refractivity contribution in [2.45, 2.75) is 39.7 Å². The molecule has 0 unspecified atom stereocenters. The summed E-state index contributed by atoms with van der Waals surface area (Å²) in [6.45, 7) is 4.45. The Morgan fingerprint density at radius 1 is 1.07 bits per heavy atom. The highest BCUT2D eigenvalue weighted by atomic mass is 16.5. The summed E-state index contributed by atoms with van der Waals surface area (Å²) in [4.78, 5) is 26.0. The molecule has 0 fully saturated rings. The average Bonchev–Trinajstić information content (AvgIpc) is 2.76. The van der Waals surface area contributed by atoms with E-state index in [4.69, 9.17) is 9.47 Å². The molecule has 1 N–H and O–H groups in total. The maximum atomic E-state index is 13.2. The third-order valence-electron chi connectivity index (χ3n) is 5.04. The lowest BCUT2D eigenvalue weighted by Crippen LogP contribution is -2.28. The number of nitrogens with one attached hydrogen (secondary N) is 1. The number of ether oxygens (including phenoxy) is 2. The second kappa shape index (κ2) is 9.43. The van der Waals surface area contributed by atoms with Crippen LogP contribution in [0.5, 0.6) is 11.5 Å². The van der Waals surface area contributed by atoms with Gasteiger partial charge in [-0.3, -0.25) is 9.59 Å². The lowest BCUT2D eigenvalue weighted by molar-refractivity contribution is 0.102. The number of fused-ring (bicyclic) bond motifs is 1. The fourth-order valence-corrected chi connectivity index (χ4v) is 3.36. The lowest BCUT2D eigenvalue weighted by atomic mass is 10.1. The van der Waals surface area contributed by atoms with Crippen molar-refractivity contribution >= 4 is 22.4 Å². The van der Waals surface area contributed by atoms with Crippen molar-refractivity contribution in [3.8, 4) is 11.5 Å². The van der Waals surface area contributed by atoms with Crippen molar-refractivity contribution in [3.05, 3.63) is 58.0 Å². The predicted molar refractivity (Wildman–Crippen MR) is 118 cm³/mol. The molecule has 0 aliphatic rings. The third-order valence-corrected chi connectivity index (χ3v) is 5.04. The van der Waals surface area contributed by atoms with Crippen molar-refractivity contribution < 1.29 is 14.3 Å². The standard InChI is InChI=1S/C23H27N3O4/c1-5-6-9-12-26-23(28)17-11-8-7-10-16(17)21(25-26)22(27)24-18-14-20(30-4)19(29-3)13-15(18)2/h7-8,10-11,13-14H,5-6,9,12H2,1-4H3,(H,24,27). The van der Waals surface area contributed by atoms with Crippen LogP contribution in [0.25, 0.3) is 10.8 Å². The Bertz CT molecular complexity index is 1120. The number of aryl methyl sites for hydroxylation is 2. The highest BCUT2D eigenvalue weighted by Crippen LogP contribution is 2.33. The van der Waals surface area contributed by atoms with E-state index in [1.165, 1.54) is 4.68 Å². The maximum Gasteiger partial charge on any atom is 0.276 e. The van der Waals surface area contributed by atoms with E-state index >= 15 is 0 Å². The smallest absolute Gasteiger partial charge is 0.276 e. The molecule has 3 aromatic rings. The zero-order chi connectivity index (χ0) is 21.7.